The van der Waals surface area contributed by atoms with Crippen molar-refractivity contribution < 1.29 is 38.5 Å². The molecule has 0 spiro atoms. The maximum atomic E-state index is 13.3. The first-order chi connectivity index (χ1) is 20.0. The van der Waals surface area contributed by atoms with Gasteiger partial charge in [0.15, 0.2) is 11.5 Å². The van der Waals surface area contributed by atoms with Gasteiger partial charge in [-0.1, -0.05) is 19.9 Å². The largest absolute Gasteiger partial charge is 0.496 e. The summed E-state index contributed by atoms with van der Waals surface area (Å²) in [6.07, 6.45) is -0.315. The Labute approximate surface area is 245 Å². The van der Waals surface area contributed by atoms with Crippen molar-refractivity contribution in [2.45, 2.75) is 52.3 Å². The van der Waals surface area contributed by atoms with Crippen molar-refractivity contribution in [3.63, 3.8) is 0 Å². The normalized spacial score (nSPS) is 18.0. The number of nitrogens with zero attached hydrogens (tertiary/aromatic N) is 1. The van der Waals surface area contributed by atoms with Crippen LogP contribution >= 0.6 is 0 Å². The standard InChI is InChI=1S/C30H40N4O8/c1-18(2)27-29(38)32-16-21-22(40-4)9-8-10-23(21)42-25-15-20(11-12-24(25)41-5)28(37)31-13-6-7-14-34(17-26(36)33-27)30(39)19(3)35/h8-12,15,18-19,27,35H,6-7,13-14,16-17H2,1-5H3,(H,31,37)(H,32,38)(H,33,36)/t19-,27-/m1/s1. The third-order valence-electron chi connectivity index (χ3n) is 6.80. The second kappa shape index (κ2) is 15.1. The molecule has 3 rings (SSSR count). The minimum absolute atomic E-state index is 0.00635. The molecule has 2 bridgehead atoms. The predicted molar refractivity (Wildman–Crippen MR) is 155 cm³/mol. The molecule has 0 saturated carbocycles. The highest BCUT2D eigenvalue weighted by Crippen LogP contribution is 2.37. The molecule has 0 unspecified atom stereocenters. The van der Waals surface area contributed by atoms with E-state index in [2.05, 4.69) is 16.0 Å². The summed E-state index contributed by atoms with van der Waals surface area (Å²) in [4.78, 5) is 53.0. The Balaban J connectivity index is 1.99. The van der Waals surface area contributed by atoms with Crippen LogP contribution in [0.4, 0.5) is 0 Å². The van der Waals surface area contributed by atoms with Gasteiger partial charge in [-0.15, -0.1) is 0 Å². The van der Waals surface area contributed by atoms with Gasteiger partial charge in [-0.3, -0.25) is 19.2 Å². The number of hydrogen-bond donors (Lipinski definition) is 4. The summed E-state index contributed by atoms with van der Waals surface area (Å²) in [7, 11) is 2.99. The zero-order valence-electron chi connectivity index (χ0n) is 24.7. The first-order valence-corrected chi connectivity index (χ1v) is 13.9. The van der Waals surface area contributed by atoms with Crippen LogP contribution in [-0.2, 0) is 20.9 Å². The highest BCUT2D eigenvalue weighted by molar-refractivity contribution is 5.95. The number of aliphatic hydroxyl groups is 1. The van der Waals surface area contributed by atoms with Crippen molar-refractivity contribution in [2.75, 3.05) is 33.9 Å². The van der Waals surface area contributed by atoms with Crippen molar-refractivity contribution in [1.29, 1.82) is 0 Å². The fraction of sp³-hybridized carbons (Fsp3) is 0.467. The van der Waals surface area contributed by atoms with Gasteiger partial charge in [-0.05, 0) is 56.0 Å². The third kappa shape index (κ3) is 8.35. The quantitative estimate of drug-likeness (QED) is 0.425. The molecule has 0 saturated heterocycles. The molecule has 1 heterocycles. The van der Waals surface area contributed by atoms with Crippen LogP contribution in [0.5, 0.6) is 23.0 Å². The molecule has 0 aromatic heterocycles. The van der Waals surface area contributed by atoms with E-state index in [1.165, 1.54) is 26.0 Å². The molecule has 0 aliphatic carbocycles. The first-order valence-electron chi connectivity index (χ1n) is 13.9. The fourth-order valence-corrected chi connectivity index (χ4v) is 4.50. The fourth-order valence-electron chi connectivity index (χ4n) is 4.50. The Kier molecular flexibility index (Phi) is 11.5. The van der Waals surface area contributed by atoms with Gasteiger partial charge in [0.1, 0.15) is 23.6 Å². The molecule has 0 fully saturated rings. The molecule has 12 nitrogen and oxygen atoms in total. The van der Waals surface area contributed by atoms with Crippen LogP contribution in [0.2, 0.25) is 0 Å². The van der Waals surface area contributed by atoms with Crippen LogP contribution in [0.25, 0.3) is 0 Å². The van der Waals surface area contributed by atoms with Gasteiger partial charge in [0.25, 0.3) is 11.8 Å². The van der Waals surface area contributed by atoms with Crippen molar-refractivity contribution in [2.24, 2.45) is 5.92 Å². The Hall–Kier alpha value is -4.32. The molecule has 228 valence electrons. The van der Waals surface area contributed by atoms with Crippen LogP contribution in [-0.4, -0.2) is 79.6 Å². The number of methoxy groups -OCH3 is 2. The highest BCUT2D eigenvalue weighted by Gasteiger charge is 2.27. The molecule has 12 heteroatoms. The average molecular weight is 585 g/mol. The number of rotatable bonds is 4. The highest BCUT2D eigenvalue weighted by atomic mass is 16.5. The maximum Gasteiger partial charge on any atom is 0.251 e. The Morgan fingerprint density at radius 1 is 1.00 bits per heavy atom. The van der Waals surface area contributed by atoms with Gasteiger partial charge >= 0.3 is 0 Å². The lowest BCUT2D eigenvalue weighted by atomic mass is 10.0. The molecular formula is C30H40N4O8. The minimum Gasteiger partial charge on any atom is -0.496 e. The SMILES string of the molecule is COc1ccc2cc1Oc1cccc(OC)c1CNC(=O)[C@@H](C(C)C)NC(=O)CN(C(=O)[C@@H](C)O)CCCCNC2=O. The topological polar surface area (TPSA) is 156 Å². The Bertz CT molecular complexity index is 1280. The maximum absolute atomic E-state index is 13.3. The number of aliphatic hydroxyl groups excluding tert-OH is 1. The van der Waals surface area contributed by atoms with Gasteiger partial charge in [0, 0.05) is 18.7 Å². The number of ether oxygens (including phenoxy) is 3. The van der Waals surface area contributed by atoms with E-state index in [1.54, 1.807) is 50.2 Å². The molecule has 2 aromatic rings. The summed E-state index contributed by atoms with van der Waals surface area (Å²) in [5, 5.41) is 18.3. The number of nitrogens with one attached hydrogen (secondary N) is 3. The molecule has 4 N–H and O–H groups in total. The number of amides is 4. The Morgan fingerprint density at radius 3 is 2.40 bits per heavy atom. The smallest absolute Gasteiger partial charge is 0.251 e. The van der Waals surface area contributed by atoms with Crippen molar-refractivity contribution in [3.8, 4) is 23.0 Å². The van der Waals surface area contributed by atoms with Crippen LogP contribution < -0.4 is 30.2 Å². The molecule has 0 radical (unpaired) electrons. The molecular weight excluding hydrogens is 544 g/mol. The summed E-state index contributed by atoms with van der Waals surface area (Å²) < 4.78 is 17.2. The second-order valence-corrected chi connectivity index (χ2v) is 10.3. The van der Waals surface area contributed by atoms with Crippen molar-refractivity contribution in [3.05, 3.63) is 47.5 Å². The van der Waals surface area contributed by atoms with E-state index in [0.717, 1.165) is 0 Å². The number of fused-ring (bicyclic) bond motifs is 3. The van der Waals surface area contributed by atoms with E-state index in [-0.39, 0.29) is 31.5 Å². The zero-order chi connectivity index (χ0) is 30.8. The van der Waals surface area contributed by atoms with Crippen LogP contribution in [0.1, 0.15) is 49.5 Å². The Morgan fingerprint density at radius 2 is 1.74 bits per heavy atom. The van der Waals surface area contributed by atoms with E-state index >= 15 is 0 Å². The van der Waals surface area contributed by atoms with Crippen LogP contribution in [0, 0.1) is 5.92 Å². The summed E-state index contributed by atoms with van der Waals surface area (Å²) in [5.41, 5.74) is 0.877. The van der Waals surface area contributed by atoms with E-state index in [1.807, 2.05) is 0 Å². The lowest BCUT2D eigenvalue weighted by Crippen LogP contribution is -2.53. The zero-order valence-corrected chi connectivity index (χ0v) is 24.7. The van der Waals surface area contributed by atoms with Gasteiger partial charge in [-0.25, -0.2) is 0 Å². The number of carbonyl (C=O) groups excluding carboxylic acids is 4. The summed E-state index contributed by atoms with van der Waals surface area (Å²) in [6.45, 7) is 5.11. The van der Waals surface area contributed by atoms with Crippen LogP contribution in [0.15, 0.2) is 36.4 Å². The van der Waals surface area contributed by atoms with Crippen molar-refractivity contribution >= 4 is 23.6 Å². The van der Waals surface area contributed by atoms with E-state index < -0.39 is 29.9 Å². The molecule has 4 amide bonds. The summed E-state index contributed by atoms with van der Waals surface area (Å²) in [6, 6.07) is 9.10. The third-order valence-corrected chi connectivity index (χ3v) is 6.80. The van der Waals surface area contributed by atoms with E-state index in [0.29, 0.717) is 53.5 Å². The monoisotopic (exact) mass is 584 g/mol. The first kappa shape index (κ1) is 32.2. The molecule has 2 atom stereocenters. The molecule has 2 aromatic carbocycles. The summed E-state index contributed by atoms with van der Waals surface area (Å²) >= 11 is 0. The predicted octanol–water partition coefficient (Wildman–Crippen LogP) is 1.99. The van der Waals surface area contributed by atoms with Gasteiger partial charge in [-0.2, -0.15) is 0 Å². The second-order valence-electron chi connectivity index (χ2n) is 10.3. The van der Waals surface area contributed by atoms with Gasteiger partial charge in [0.05, 0.1) is 32.9 Å². The summed E-state index contributed by atoms with van der Waals surface area (Å²) in [5.74, 6) is -0.643. The lowest BCUT2D eigenvalue weighted by Gasteiger charge is -2.26. The van der Waals surface area contributed by atoms with Gasteiger partial charge in [0.2, 0.25) is 11.8 Å². The average Bonchev–Trinajstić information content (AvgIpc) is 2.96. The minimum atomic E-state index is -1.30. The number of benzene rings is 2. The lowest BCUT2D eigenvalue weighted by molar-refractivity contribution is -0.143. The molecule has 1 aliphatic heterocycles. The van der Waals surface area contributed by atoms with Crippen molar-refractivity contribution in [1.82, 2.24) is 20.9 Å². The number of hydrogen-bond acceptors (Lipinski definition) is 8. The molecule has 1 aliphatic rings. The van der Waals surface area contributed by atoms with Crippen LogP contribution in [0.3, 0.4) is 0 Å². The number of carbonyl (C=O) groups is 4. The van der Waals surface area contributed by atoms with Gasteiger partial charge < -0.3 is 40.2 Å². The van der Waals surface area contributed by atoms with E-state index in [9.17, 15) is 24.3 Å². The molecule has 42 heavy (non-hydrogen) atoms. The van der Waals surface area contributed by atoms with E-state index in [4.69, 9.17) is 14.2 Å².